The first-order chi connectivity index (χ1) is 6.33. The molecule has 4 N–H and O–H groups in total. The van der Waals surface area contributed by atoms with Crippen LogP contribution in [0.2, 0.25) is 0 Å². The molecule has 72 valence electrons. The first-order valence-corrected chi connectivity index (χ1v) is 5.03. The molecule has 3 nitrogen and oxygen atoms in total. The number of nitrogens with one attached hydrogen (secondary N) is 2. The van der Waals surface area contributed by atoms with Crippen molar-refractivity contribution < 1.29 is 0 Å². The van der Waals surface area contributed by atoms with E-state index in [-0.39, 0.29) is 0 Å². The molecule has 0 amide bonds. The molecule has 0 spiro atoms. The van der Waals surface area contributed by atoms with Crippen LogP contribution in [-0.4, -0.2) is 19.3 Å². The van der Waals surface area contributed by atoms with E-state index in [2.05, 4.69) is 5.32 Å². The largest absolute Gasteiger partial charge is 0.402 e. The van der Waals surface area contributed by atoms with Crippen LogP contribution in [0.5, 0.6) is 0 Å². The average molecular weight is 179 g/mol. The van der Waals surface area contributed by atoms with Gasteiger partial charge in [-0.25, -0.2) is 0 Å². The number of nitrogens with two attached hydrogens (primary N) is 1. The minimum Gasteiger partial charge on any atom is -0.402 e. The molecule has 1 saturated heterocycles. The summed E-state index contributed by atoms with van der Waals surface area (Å²) in [5.74, 6) is 1.09. The van der Waals surface area contributed by atoms with E-state index in [0.717, 1.165) is 30.8 Å². The van der Waals surface area contributed by atoms with Gasteiger partial charge in [0, 0.05) is 24.4 Å². The third-order valence-electron chi connectivity index (χ3n) is 3.01. The maximum atomic E-state index is 7.39. The molecule has 1 aliphatic carbocycles. The number of hydrogen-bond acceptors (Lipinski definition) is 3. The van der Waals surface area contributed by atoms with E-state index >= 15 is 0 Å². The summed E-state index contributed by atoms with van der Waals surface area (Å²) in [7, 11) is 0. The fourth-order valence-corrected chi connectivity index (χ4v) is 1.99. The second-order valence-corrected chi connectivity index (χ2v) is 4.02. The van der Waals surface area contributed by atoms with Crippen molar-refractivity contribution in [1.29, 1.82) is 5.41 Å². The van der Waals surface area contributed by atoms with Crippen LogP contribution in [-0.2, 0) is 0 Å². The SMILES string of the molecule is N=CC(=C(N)C1CC1)C1CCNC1. The van der Waals surface area contributed by atoms with Crippen molar-refractivity contribution in [1.82, 2.24) is 5.32 Å². The van der Waals surface area contributed by atoms with Crippen LogP contribution in [0.4, 0.5) is 0 Å². The highest BCUT2D eigenvalue weighted by molar-refractivity contribution is 5.78. The van der Waals surface area contributed by atoms with Gasteiger partial charge < -0.3 is 16.5 Å². The van der Waals surface area contributed by atoms with E-state index in [0.29, 0.717) is 11.8 Å². The maximum Gasteiger partial charge on any atom is 0.0230 e. The molecule has 0 aromatic heterocycles. The Morgan fingerprint density at radius 1 is 1.31 bits per heavy atom. The second kappa shape index (κ2) is 3.50. The van der Waals surface area contributed by atoms with E-state index in [9.17, 15) is 0 Å². The molecule has 3 heteroatoms. The smallest absolute Gasteiger partial charge is 0.0230 e. The lowest BCUT2D eigenvalue weighted by Gasteiger charge is -2.12. The quantitative estimate of drug-likeness (QED) is 0.563. The lowest BCUT2D eigenvalue weighted by atomic mass is 9.96. The van der Waals surface area contributed by atoms with Crippen molar-refractivity contribution in [2.45, 2.75) is 19.3 Å². The van der Waals surface area contributed by atoms with E-state index in [1.54, 1.807) is 0 Å². The van der Waals surface area contributed by atoms with Crippen molar-refractivity contribution in [2.24, 2.45) is 17.6 Å². The van der Waals surface area contributed by atoms with E-state index in [1.165, 1.54) is 19.1 Å². The first kappa shape index (κ1) is 8.75. The lowest BCUT2D eigenvalue weighted by Crippen LogP contribution is -2.16. The van der Waals surface area contributed by atoms with Crippen molar-refractivity contribution in [3.05, 3.63) is 11.3 Å². The van der Waals surface area contributed by atoms with Crippen LogP contribution in [0.3, 0.4) is 0 Å². The van der Waals surface area contributed by atoms with Gasteiger partial charge in [0.05, 0.1) is 0 Å². The standard InChI is InChI=1S/C10H17N3/c11-5-9(8-3-4-13-6-8)10(12)7-1-2-7/h5,7-8,11,13H,1-4,6,12H2. The van der Waals surface area contributed by atoms with Crippen molar-refractivity contribution in [2.75, 3.05) is 13.1 Å². The lowest BCUT2D eigenvalue weighted by molar-refractivity contribution is 0.690. The van der Waals surface area contributed by atoms with Gasteiger partial charge in [-0.15, -0.1) is 0 Å². The summed E-state index contributed by atoms with van der Waals surface area (Å²) in [4.78, 5) is 0. The molecular formula is C10H17N3. The van der Waals surface area contributed by atoms with Crippen LogP contribution in [0, 0.1) is 17.2 Å². The summed E-state index contributed by atoms with van der Waals surface area (Å²) in [5.41, 5.74) is 8.09. The predicted molar refractivity (Wildman–Crippen MR) is 53.7 cm³/mol. The van der Waals surface area contributed by atoms with Crippen molar-refractivity contribution in [3.8, 4) is 0 Å². The topological polar surface area (TPSA) is 61.9 Å². The maximum absolute atomic E-state index is 7.39. The van der Waals surface area contributed by atoms with Crippen LogP contribution in [0.1, 0.15) is 19.3 Å². The highest BCUT2D eigenvalue weighted by Crippen LogP contribution is 2.36. The molecular weight excluding hydrogens is 162 g/mol. The molecule has 13 heavy (non-hydrogen) atoms. The average Bonchev–Trinajstić information content (AvgIpc) is 2.86. The molecule has 1 heterocycles. The van der Waals surface area contributed by atoms with Crippen LogP contribution >= 0.6 is 0 Å². The van der Waals surface area contributed by atoms with Gasteiger partial charge in [-0.3, -0.25) is 0 Å². The van der Waals surface area contributed by atoms with Gasteiger partial charge in [0.15, 0.2) is 0 Å². The Balaban J connectivity index is 2.13. The van der Waals surface area contributed by atoms with Crippen LogP contribution < -0.4 is 11.1 Å². The summed E-state index contributed by atoms with van der Waals surface area (Å²) < 4.78 is 0. The normalized spacial score (nSPS) is 30.0. The van der Waals surface area contributed by atoms with Gasteiger partial charge in [0.2, 0.25) is 0 Å². The summed E-state index contributed by atoms with van der Waals surface area (Å²) in [6.45, 7) is 2.07. The number of allylic oxidation sites excluding steroid dienone is 1. The molecule has 1 saturated carbocycles. The zero-order chi connectivity index (χ0) is 9.26. The zero-order valence-electron chi connectivity index (χ0n) is 7.84. The molecule has 0 aromatic rings. The number of rotatable bonds is 3. The van der Waals surface area contributed by atoms with Gasteiger partial charge in [0.1, 0.15) is 0 Å². The Morgan fingerprint density at radius 3 is 2.54 bits per heavy atom. The first-order valence-electron chi connectivity index (χ1n) is 5.03. The van der Waals surface area contributed by atoms with Crippen molar-refractivity contribution >= 4 is 6.21 Å². The van der Waals surface area contributed by atoms with E-state index in [4.69, 9.17) is 11.1 Å². The molecule has 2 aliphatic rings. The fourth-order valence-electron chi connectivity index (χ4n) is 1.99. The van der Waals surface area contributed by atoms with Gasteiger partial charge in [-0.2, -0.15) is 0 Å². The molecule has 1 atom stereocenters. The van der Waals surface area contributed by atoms with E-state index in [1.807, 2.05) is 0 Å². The Morgan fingerprint density at radius 2 is 2.08 bits per heavy atom. The Hall–Kier alpha value is -0.830. The predicted octanol–water partition coefficient (Wildman–Crippen LogP) is 0.868. The van der Waals surface area contributed by atoms with Crippen LogP contribution in [0.25, 0.3) is 0 Å². The monoisotopic (exact) mass is 179 g/mol. The second-order valence-electron chi connectivity index (χ2n) is 4.02. The molecule has 0 bridgehead atoms. The fraction of sp³-hybridized carbons (Fsp3) is 0.700. The van der Waals surface area contributed by atoms with Crippen molar-refractivity contribution in [3.63, 3.8) is 0 Å². The van der Waals surface area contributed by atoms with Gasteiger partial charge >= 0.3 is 0 Å². The van der Waals surface area contributed by atoms with Gasteiger partial charge in [0.25, 0.3) is 0 Å². The molecule has 0 aromatic carbocycles. The minimum absolute atomic E-state index is 0.498. The Bertz CT molecular complexity index is 235. The van der Waals surface area contributed by atoms with Gasteiger partial charge in [-0.1, -0.05) is 0 Å². The molecule has 1 unspecified atom stereocenters. The molecule has 2 rings (SSSR count). The number of hydrogen-bond donors (Lipinski definition) is 3. The minimum atomic E-state index is 0.498. The van der Waals surface area contributed by atoms with Crippen LogP contribution in [0.15, 0.2) is 11.3 Å². The summed E-state index contributed by atoms with van der Waals surface area (Å²) >= 11 is 0. The third kappa shape index (κ3) is 1.75. The molecule has 0 radical (unpaired) electrons. The highest BCUT2D eigenvalue weighted by atomic mass is 14.9. The zero-order valence-corrected chi connectivity index (χ0v) is 7.84. The Kier molecular flexibility index (Phi) is 2.36. The van der Waals surface area contributed by atoms with Gasteiger partial charge in [-0.05, 0) is 37.3 Å². The summed E-state index contributed by atoms with van der Waals surface area (Å²) in [6, 6.07) is 0. The Labute approximate surface area is 78.9 Å². The van der Waals surface area contributed by atoms with E-state index < -0.39 is 0 Å². The summed E-state index contributed by atoms with van der Waals surface area (Å²) in [5, 5.41) is 10.7. The molecule has 2 fully saturated rings. The third-order valence-corrected chi connectivity index (χ3v) is 3.01. The molecule has 1 aliphatic heterocycles. The summed E-state index contributed by atoms with van der Waals surface area (Å²) in [6.07, 6.45) is 5.05. The highest BCUT2D eigenvalue weighted by Gasteiger charge is 2.29.